The summed E-state index contributed by atoms with van der Waals surface area (Å²) in [5.74, 6) is -0.425. The van der Waals surface area contributed by atoms with Gasteiger partial charge in [0, 0.05) is 38.4 Å². The van der Waals surface area contributed by atoms with Gasteiger partial charge in [0.2, 0.25) is 0 Å². The predicted octanol–water partition coefficient (Wildman–Crippen LogP) is 3.15. The highest BCUT2D eigenvalue weighted by Crippen LogP contribution is 2.20. The van der Waals surface area contributed by atoms with Crippen LogP contribution >= 0.6 is 0 Å². The van der Waals surface area contributed by atoms with E-state index in [9.17, 15) is 14.0 Å². The number of methoxy groups -OCH3 is 1. The first-order chi connectivity index (χ1) is 15.0. The van der Waals surface area contributed by atoms with Crippen LogP contribution in [0.15, 0.2) is 65.5 Å². The number of piperazine rings is 1. The summed E-state index contributed by atoms with van der Waals surface area (Å²) in [6.45, 7) is 2.92. The molecule has 31 heavy (non-hydrogen) atoms. The lowest BCUT2D eigenvalue weighted by molar-refractivity contribution is 0.0626. The van der Waals surface area contributed by atoms with Gasteiger partial charge in [0.1, 0.15) is 5.56 Å². The van der Waals surface area contributed by atoms with E-state index in [4.69, 9.17) is 4.74 Å². The van der Waals surface area contributed by atoms with Gasteiger partial charge in [-0.25, -0.2) is 4.39 Å². The lowest BCUT2D eigenvalue weighted by Crippen LogP contribution is -2.49. The molecular formula is C24H24FN3O3. The second kappa shape index (κ2) is 9.14. The Balaban J connectivity index is 1.38. The first kappa shape index (κ1) is 20.8. The van der Waals surface area contributed by atoms with Crippen LogP contribution in [0.5, 0.6) is 5.75 Å². The molecule has 1 fully saturated rings. The highest BCUT2D eigenvalue weighted by molar-refractivity contribution is 5.94. The topological polar surface area (TPSA) is 65.6 Å². The van der Waals surface area contributed by atoms with Crippen molar-refractivity contribution >= 4 is 5.91 Å². The Morgan fingerprint density at radius 3 is 2.42 bits per heavy atom. The lowest BCUT2D eigenvalue weighted by Gasteiger charge is -2.34. The Labute approximate surface area is 179 Å². The molecule has 0 saturated carbocycles. The fourth-order valence-electron chi connectivity index (χ4n) is 3.77. The molecule has 7 heteroatoms. The molecule has 0 atom stereocenters. The fourth-order valence-corrected chi connectivity index (χ4v) is 3.77. The summed E-state index contributed by atoms with van der Waals surface area (Å²) in [5.41, 5.74) is 2.18. The number of pyridine rings is 1. The second-order valence-corrected chi connectivity index (χ2v) is 7.52. The van der Waals surface area contributed by atoms with Crippen LogP contribution in [-0.2, 0) is 6.54 Å². The van der Waals surface area contributed by atoms with Crippen LogP contribution in [0.3, 0.4) is 0 Å². The van der Waals surface area contributed by atoms with Gasteiger partial charge in [0.25, 0.3) is 11.5 Å². The number of ether oxygens (including phenoxy) is 1. The van der Waals surface area contributed by atoms with Gasteiger partial charge in [-0.15, -0.1) is 0 Å². The number of carbonyl (C=O) groups is 1. The molecule has 0 radical (unpaired) electrons. The standard InChI is InChI=1S/C24H24FN3O3/c1-31-22-10-7-17(15-20(22)25)16-27-11-13-28(14-12-27)24(30)19-8-9-21(26-23(19)29)18-5-3-2-4-6-18/h2-10,15H,11-14,16H2,1H3,(H,26,29). The van der Waals surface area contributed by atoms with Crippen molar-refractivity contribution in [3.63, 3.8) is 0 Å². The minimum Gasteiger partial charge on any atom is -0.494 e. The van der Waals surface area contributed by atoms with Crippen LogP contribution in [0.4, 0.5) is 4.39 Å². The number of rotatable bonds is 5. The molecule has 1 amide bonds. The van der Waals surface area contributed by atoms with Gasteiger partial charge in [-0.2, -0.15) is 0 Å². The van der Waals surface area contributed by atoms with E-state index in [0.717, 1.165) is 11.1 Å². The zero-order chi connectivity index (χ0) is 21.8. The largest absolute Gasteiger partial charge is 0.494 e. The molecule has 4 rings (SSSR count). The maximum Gasteiger partial charge on any atom is 0.261 e. The first-order valence-corrected chi connectivity index (χ1v) is 10.2. The maximum atomic E-state index is 13.9. The van der Waals surface area contributed by atoms with Gasteiger partial charge in [0.05, 0.1) is 7.11 Å². The molecule has 1 saturated heterocycles. The second-order valence-electron chi connectivity index (χ2n) is 7.52. The molecule has 2 aromatic carbocycles. The lowest BCUT2D eigenvalue weighted by atomic mass is 10.1. The predicted molar refractivity (Wildman–Crippen MR) is 117 cm³/mol. The summed E-state index contributed by atoms with van der Waals surface area (Å²) >= 11 is 0. The summed E-state index contributed by atoms with van der Waals surface area (Å²) in [5, 5.41) is 0. The van der Waals surface area contributed by atoms with Crippen LogP contribution in [0.25, 0.3) is 11.3 Å². The van der Waals surface area contributed by atoms with Crippen molar-refractivity contribution in [1.82, 2.24) is 14.8 Å². The Morgan fingerprint density at radius 1 is 1.03 bits per heavy atom. The third-order valence-corrected chi connectivity index (χ3v) is 5.51. The summed E-state index contributed by atoms with van der Waals surface area (Å²) in [7, 11) is 1.44. The highest BCUT2D eigenvalue weighted by atomic mass is 19.1. The number of aromatic amines is 1. The van der Waals surface area contributed by atoms with E-state index in [1.54, 1.807) is 23.1 Å². The molecule has 1 aromatic heterocycles. The Hall–Kier alpha value is -3.45. The molecule has 0 spiro atoms. The number of hydrogen-bond acceptors (Lipinski definition) is 4. The molecular weight excluding hydrogens is 397 g/mol. The quantitative estimate of drug-likeness (QED) is 0.687. The summed E-state index contributed by atoms with van der Waals surface area (Å²) in [4.78, 5) is 32.1. The van der Waals surface area contributed by atoms with E-state index in [2.05, 4.69) is 9.88 Å². The Morgan fingerprint density at radius 2 is 1.77 bits per heavy atom. The molecule has 3 aromatic rings. The molecule has 160 valence electrons. The van der Waals surface area contributed by atoms with Crippen molar-refractivity contribution < 1.29 is 13.9 Å². The number of nitrogens with one attached hydrogen (secondary N) is 1. The normalized spacial score (nSPS) is 14.5. The average Bonchev–Trinajstić information content (AvgIpc) is 2.80. The van der Waals surface area contributed by atoms with Crippen molar-refractivity contribution in [2.75, 3.05) is 33.3 Å². The zero-order valence-electron chi connectivity index (χ0n) is 17.3. The first-order valence-electron chi connectivity index (χ1n) is 10.2. The number of nitrogens with zero attached hydrogens (tertiary/aromatic N) is 2. The SMILES string of the molecule is COc1ccc(CN2CCN(C(=O)c3ccc(-c4ccccc4)[nH]c3=O)CC2)cc1F. The fraction of sp³-hybridized carbons (Fsp3) is 0.250. The minimum atomic E-state index is -0.387. The van der Waals surface area contributed by atoms with Crippen LogP contribution in [0.1, 0.15) is 15.9 Å². The minimum absolute atomic E-state index is 0.144. The van der Waals surface area contributed by atoms with Crippen molar-refractivity contribution in [3.05, 3.63) is 88.0 Å². The molecule has 6 nitrogen and oxygen atoms in total. The van der Waals surface area contributed by atoms with Crippen LogP contribution in [0, 0.1) is 5.82 Å². The molecule has 1 N–H and O–H groups in total. The van der Waals surface area contributed by atoms with Crippen LogP contribution in [-0.4, -0.2) is 54.0 Å². The van der Waals surface area contributed by atoms with Crippen molar-refractivity contribution in [3.8, 4) is 17.0 Å². The van der Waals surface area contributed by atoms with Crippen molar-refractivity contribution in [2.24, 2.45) is 0 Å². The number of benzene rings is 2. The molecule has 1 aliphatic rings. The number of hydrogen-bond donors (Lipinski definition) is 1. The number of amides is 1. The summed E-state index contributed by atoms with van der Waals surface area (Å²) in [6, 6.07) is 17.8. The van der Waals surface area contributed by atoms with Crippen LogP contribution < -0.4 is 10.3 Å². The third kappa shape index (κ3) is 4.67. The van der Waals surface area contributed by atoms with Gasteiger partial charge in [-0.1, -0.05) is 36.4 Å². The van der Waals surface area contributed by atoms with E-state index in [-0.39, 0.29) is 28.6 Å². The van der Waals surface area contributed by atoms with Crippen molar-refractivity contribution in [2.45, 2.75) is 6.54 Å². The third-order valence-electron chi connectivity index (χ3n) is 5.51. The maximum absolute atomic E-state index is 13.9. The summed E-state index contributed by atoms with van der Waals surface area (Å²) < 4.78 is 18.9. The van der Waals surface area contributed by atoms with E-state index < -0.39 is 0 Å². The van der Waals surface area contributed by atoms with E-state index in [0.29, 0.717) is 38.4 Å². The number of carbonyl (C=O) groups excluding carboxylic acids is 1. The van der Waals surface area contributed by atoms with Gasteiger partial charge in [-0.05, 0) is 35.4 Å². The molecule has 2 heterocycles. The van der Waals surface area contributed by atoms with E-state index in [1.165, 1.54) is 13.2 Å². The molecule has 0 bridgehead atoms. The molecule has 0 aliphatic carbocycles. The summed E-state index contributed by atoms with van der Waals surface area (Å²) in [6.07, 6.45) is 0. The molecule has 0 unspecified atom stereocenters. The van der Waals surface area contributed by atoms with Gasteiger partial charge in [0.15, 0.2) is 11.6 Å². The van der Waals surface area contributed by atoms with Gasteiger partial charge < -0.3 is 14.6 Å². The Kier molecular flexibility index (Phi) is 6.13. The van der Waals surface area contributed by atoms with Gasteiger partial charge in [-0.3, -0.25) is 14.5 Å². The van der Waals surface area contributed by atoms with E-state index in [1.807, 2.05) is 36.4 Å². The zero-order valence-corrected chi connectivity index (χ0v) is 17.3. The van der Waals surface area contributed by atoms with Crippen LogP contribution in [0.2, 0.25) is 0 Å². The molecule has 1 aliphatic heterocycles. The number of halogens is 1. The van der Waals surface area contributed by atoms with E-state index >= 15 is 0 Å². The monoisotopic (exact) mass is 421 g/mol. The highest BCUT2D eigenvalue weighted by Gasteiger charge is 2.24. The number of H-pyrrole nitrogens is 1. The Bertz CT molecular complexity index is 1120. The smallest absolute Gasteiger partial charge is 0.261 e. The average molecular weight is 421 g/mol. The number of aromatic nitrogens is 1. The van der Waals surface area contributed by atoms with Crippen molar-refractivity contribution in [1.29, 1.82) is 0 Å². The van der Waals surface area contributed by atoms with Gasteiger partial charge >= 0.3 is 0 Å².